The number of ether oxygens (including phenoxy) is 1. The monoisotopic (exact) mass is 439 g/mol. The zero-order chi connectivity index (χ0) is 23.4. The second kappa shape index (κ2) is 9.45. The third-order valence-electron chi connectivity index (χ3n) is 5.37. The van der Waals surface area contributed by atoms with Crippen molar-refractivity contribution in [1.82, 2.24) is 14.3 Å². The molecule has 0 amide bonds. The summed E-state index contributed by atoms with van der Waals surface area (Å²) in [7, 11) is 1.86. The van der Waals surface area contributed by atoms with Crippen molar-refractivity contribution >= 4 is 5.69 Å². The SMILES string of the molecule is CCOc1ccc(-n2cc(-c3cnn(C)c3)c(NCc3ccc(C#N)cc3)cc2=O)c(C)c1. The lowest BCUT2D eigenvalue weighted by Gasteiger charge is -2.16. The molecule has 33 heavy (non-hydrogen) atoms. The summed E-state index contributed by atoms with van der Waals surface area (Å²) in [5.41, 5.74) is 5.71. The molecule has 0 radical (unpaired) electrons. The summed E-state index contributed by atoms with van der Waals surface area (Å²) >= 11 is 0. The van der Waals surface area contributed by atoms with Gasteiger partial charge in [-0.15, -0.1) is 0 Å². The number of benzene rings is 2. The molecule has 4 aromatic rings. The van der Waals surface area contributed by atoms with Crippen LogP contribution in [-0.4, -0.2) is 21.0 Å². The first kappa shape index (κ1) is 21.9. The average Bonchev–Trinajstić information content (AvgIpc) is 3.25. The van der Waals surface area contributed by atoms with E-state index >= 15 is 0 Å². The maximum atomic E-state index is 13.1. The van der Waals surface area contributed by atoms with Crippen LogP contribution in [0.2, 0.25) is 0 Å². The number of pyridine rings is 1. The predicted octanol–water partition coefficient (Wildman–Crippen LogP) is 4.43. The summed E-state index contributed by atoms with van der Waals surface area (Å²) in [6.07, 6.45) is 5.55. The van der Waals surface area contributed by atoms with E-state index in [2.05, 4.69) is 16.5 Å². The van der Waals surface area contributed by atoms with Gasteiger partial charge in [-0.25, -0.2) is 0 Å². The second-order valence-electron chi connectivity index (χ2n) is 7.76. The standard InChI is InChI=1S/C26H25N5O2/c1-4-33-22-9-10-25(18(2)11-22)31-17-23(21-15-29-30(3)16-21)24(12-26(31)32)28-14-20-7-5-19(13-27)6-8-20/h5-12,15-17,28H,4,14H2,1-3H3. The Bertz CT molecular complexity index is 1380. The van der Waals surface area contributed by atoms with Crippen molar-refractivity contribution in [2.24, 2.45) is 7.05 Å². The number of nitrogens with zero attached hydrogens (tertiary/aromatic N) is 4. The highest BCUT2D eigenvalue weighted by Gasteiger charge is 2.13. The molecule has 2 aromatic carbocycles. The van der Waals surface area contributed by atoms with E-state index in [1.165, 1.54) is 0 Å². The van der Waals surface area contributed by atoms with E-state index in [4.69, 9.17) is 10.00 Å². The van der Waals surface area contributed by atoms with Gasteiger partial charge in [-0.05, 0) is 55.3 Å². The van der Waals surface area contributed by atoms with Crippen molar-refractivity contribution in [2.75, 3.05) is 11.9 Å². The molecule has 0 aliphatic heterocycles. The summed E-state index contributed by atoms with van der Waals surface area (Å²) in [5, 5.41) is 16.7. The summed E-state index contributed by atoms with van der Waals surface area (Å²) in [6, 6.07) is 16.8. The molecule has 0 bridgehead atoms. The minimum atomic E-state index is -0.141. The molecule has 0 fully saturated rings. The minimum Gasteiger partial charge on any atom is -0.494 e. The Kier molecular flexibility index (Phi) is 6.27. The van der Waals surface area contributed by atoms with E-state index in [0.29, 0.717) is 18.7 Å². The van der Waals surface area contributed by atoms with Crippen LogP contribution >= 0.6 is 0 Å². The molecule has 166 valence electrons. The van der Waals surface area contributed by atoms with Gasteiger partial charge in [0.2, 0.25) is 0 Å². The van der Waals surface area contributed by atoms with E-state index in [1.54, 1.807) is 33.6 Å². The quantitative estimate of drug-likeness (QED) is 0.461. The van der Waals surface area contributed by atoms with Crippen molar-refractivity contribution in [2.45, 2.75) is 20.4 Å². The highest BCUT2D eigenvalue weighted by molar-refractivity contribution is 5.76. The third kappa shape index (κ3) is 4.80. The molecule has 2 aromatic heterocycles. The van der Waals surface area contributed by atoms with E-state index in [0.717, 1.165) is 39.4 Å². The Labute approximate surface area is 192 Å². The Morgan fingerprint density at radius 2 is 1.91 bits per heavy atom. The zero-order valence-electron chi connectivity index (χ0n) is 18.9. The summed E-state index contributed by atoms with van der Waals surface area (Å²) in [5.74, 6) is 0.778. The van der Waals surface area contributed by atoms with Crippen molar-refractivity contribution in [3.05, 3.63) is 94.2 Å². The lowest BCUT2D eigenvalue weighted by molar-refractivity contribution is 0.340. The third-order valence-corrected chi connectivity index (χ3v) is 5.37. The number of anilines is 1. The number of hydrogen-bond acceptors (Lipinski definition) is 5. The summed E-state index contributed by atoms with van der Waals surface area (Å²) in [6.45, 7) is 5.01. The van der Waals surface area contributed by atoms with Gasteiger partial charge in [-0.1, -0.05) is 12.1 Å². The van der Waals surface area contributed by atoms with Crippen molar-refractivity contribution in [3.8, 4) is 28.6 Å². The van der Waals surface area contributed by atoms with Crippen LogP contribution < -0.4 is 15.6 Å². The number of nitriles is 1. The van der Waals surface area contributed by atoms with Gasteiger partial charge in [-0.2, -0.15) is 10.4 Å². The largest absolute Gasteiger partial charge is 0.494 e. The highest BCUT2D eigenvalue weighted by Crippen LogP contribution is 2.29. The van der Waals surface area contributed by atoms with Crippen LogP contribution in [0.5, 0.6) is 5.75 Å². The molecule has 0 saturated heterocycles. The average molecular weight is 440 g/mol. The molecule has 0 unspecified atom stereocenters. The van der Waals surface area contributed by atoms with E-state index < -0.39 is 0 Å². The van der Waals surface area contributed by atoms with Crippen LogP contribution in [0.15, 0.2) is 71.9 Å². The van der Waals surface area contributed by atoms with Gasteiger partial charge in [0, 0.05) is 48.9 Å². The van der Waals surface area contributed by atoms with Crippen LogP contribution in [0.4, 0.5) is 5.69 Å². The molecule has 7 nitrogen and oxygen atoms in total. The number of aromatic nitrogens is 3. The predicted molar refractivity (Wildman–Crippen MR) is 129 cm³/mol. The van der Waals surface area contributed by atoms with E-state index in [9.17, 15) is 4.79 Å². The lowest BCUT2D eigenvalue weighted by atomic mass is 10.1. The molecular formula is C26H25N5O2. The molecule has 0 aliphatic carbocycles. The Hall–Kier alpha value is -4.31. The fourth-order valence-corrected chi connectivity index (χ4v) is 3.71. The van der Waals surface area contributed by atoms with Crippen LogP contribution in [0.25, 0.3) is 16.8 Å². The highest BCUT2D eigenvalue weighted by atomic mass is 16.5. The number of aryl methyl sites for hydroxylation is 2. The fraction of sp³-hybridized carbons (Fsp3) is 0.192. The smallest absolute Gasteiger partial charge is 0.257 e. The molecule has 0 aliphatic rings. The molecule has 0 saturated carbocycles. The zero-order valence-corrected chi connectivity index (χ0v) is 18.9. The molecule has 1 N–H and O–H groups in total. The Morgan fingerprint density at radius 1 is 1.12 bits per heavy atom. The van der Waals surface area contributed by atoms with Gasteiger partial charge in [0.25, 0.3) is 5.56 Å². The van der Waals surface area contributed by atoms with Gasteiger partial charge in [0.15, 0.2) is 0 Å². The Morgan fingerprint density at radius 3 is 2.55 bits per heavy atom. The lowest BCUT2D eigenvalue weighted by Crippen LogP contribution is -2.19. The van der Waals surface area contributed by atoms with Crippen molar-refractivity contribution < 1.29 is 4.74 Å². The van der Waals surface area contributed by atoms with Crippen LogP contribution in [0.1, 0.15) is 23.6 Å². The molecule has 4 rings (SSSR count). The van der Waals surface area contributed by atoms with Gasteiger partial charge in [-0.3, -0.25) is 14.0 Å². The molecule has 2 heterocycles. The minimum absolute atomic E-state index is 0.141. The van der Waals surface area contributed by atoms with Gasteiger partial charge < -0.3 is 10.1 Å². The van der Waals surface area contributed by atoms with Crippen molar-refractivity contribution in [1.29, 1.82) is 5.26 Å². The first-order chi connectivity index (χ1) is 16.0. The normalized spacial score (nSPS) is 10.6. The van der Waals surface area contributed by atoms with E-state index in [-0.39, 0.29) is 5.56 Å². The first-order valence-corrected chi connectivity index (χ1v) is 10.7. The summed E-state index contributed by atoms with van der Waals surface area (Å²) < 4.78 is 8.97. The first-order valence-electron chi connectivity index (χ1n) is 10.7. The molecular weight excluding hydrogens is 414 g/mol. The van der Waals surface area contributed by atoms with Gasteiger partial charge >= 0.3 is 0 Å². The van der Waals surface area contributed by atoms with Crippen LogP contribution in [-0.2, 0) is 13.6 Å². The summed E-state index contributed by atoms with van der Waals surface area (Å²) in [4.78, 5) is 13.1. The Balaban J connectivity index is 1.73. The molecule has 0 atom stereocenters. The van der Waals surface area contributed by atoms with Gasteiger partial charge in [0.05, 0.1) is 30.1 Å². The van der Waals surface area contributed by atoms with Crippen LogP contribution in [0, 0.1) is 18.3 Å². The maximum Gasteiger partial charge on any atom is 0.257 e. The number of nitrogens with one attached hydrogen (secondary N) is 1. The van der Waals surface area contributed by atoms with Gasteiger partial charge in [0.1, 0.15) is 5.75 Å². The molecule has 7 heteroatoms. The molecule has 0 spiro atoms. The van der Waals surface area contributed by atoms with Crippen molar-refractivity contribution in [3.63, 3.8) is 0 Å². The fourth-order valence-electron chi connectivity index (χ4n) is 3.71. The van der Waals surface area contributed by atoms with E-state index in [1.807, 2.05) is 63.6 Å². The number of rotatable bonds is 7. The second-order valence-corrected chi connectivity index (χ2v) is 7.76. The maximum absolute atomic E-state index is 13.1. The van der Waals surface area contributed by atoms with Crippen LogP contribution in [0.3, 0.4) is 0 Å². The topological polar surface area (TPSA) is 84.9 Å². The number of hydrogen-bond donors (Lipinski definition) is 1.